The maximum Gasteiger partial charge on any atom is 0.191 e. The van der Waals surface area contributed by atoms with Gasteiger partial charge in [0.25, 0.3) is 0 Å². The molecule has 0 saturated carbocycles. The molecule has 0 spiro atoms. The molecule has 1 rings (SSSR count). The number of benzene rings is 1. The Hall–Kier alpha value is -1.14. The van der Waals surface area contributed by atoms with Gasteiger partial charge in [-0.05, 0) is 25.1 Å². The highest BCUT2D eigenvalue weighted by Gasteiger charge is 2.07. The number of halogens is 2. The molecule has 0 aromatic heterocycles. The number of nitrogens with zero attached hydrogens (tertiary/aromatic N) is 1. The van der Waals surface area contributed by atoms with E-state index in [4.69, 9.17) is 4.74 Å². The van der Waals surface area contributed by atoms with Crippen molar-refractivity contribution in [2.75, 3.05) is 20.8 Å². The van der Waals surface area contributed by atoms with Crippen LogP contribution in [0.4, 0.5) is 4.39 Å². The van der Waals surface area contributed by atoms with Gasteiger partial charge in [-0.1, -0.05) is 15.9 Å². The first-order chi connectivity index (χ1) is 9.06. The van der Waals surface area contributed by atoms with Crippen LogP contribution in [0.3, 0.4) is 0 Å². The zero-order valence-corrected chi connectivity index (χ0v) is 12.9. The molecule has 0 fully saturated rings. The molecule has 1 atom stereocenters. The monoisotopic (exact) mass is 331 g/mol. The van der Waals surface area contributed by atoms with Gasteiger partial charge in [-0.15, -0.1) is 0 Å². The van der Waals surface area contributed by atoms with Crippen molar-refractivity contribution in [1.82, 2.24) is 10.6 Å². The number of rotatable bonds is 5. The summed E-state index contributed by atoms with van der Waals surface area (Å²) in [4.78, 5) is 4.08. The van der Waals surface area contributed by atoms with Crippen LogP contribution in [-0.2, 0) is 11.3 Å². The average Bonchev–Trinajstić information content (AvgIpc) is 2.38. The van der Waals surface area contributed by atoms with E-state index in [0.29, 0.717) is 24.7 Å². The Kier molecular flexibility index (Phi) is 6.80. The molecule has 0 aliphatic rings. The Morgan fingerprint density at radius 1 is 1.53 bits per heavy atom. The van der Waals surface area contributed by atoms with Crippen LogP contribution in [0.5, 0.6) is 0 Å². The fraction of sp³-hybridized carbons (Fsp3) is 0.462. The third kappa shape index (κ3) is 5.57. The number of guanidine groups is 1. The van der Waals surface area contributed by atoms with E-state index in [1.165, 1.54) is 6.07 Å². The van der Waals surface area contributed by atoms with Gasteiger partial charge < -0.3 is 15.4 Å². The molecule has 0 saturated heterocycles. The van der Waals surface area contributed by atoms with Crippen molar-refractivity contribution >= 4 is 21.9 Å². The van der Waals surface area contributed by atoms with Crippen molar-refractivity contribution in [1.29, 1.82) is 0 Å². The summed E-state index contributed by atoms with van der Waals surface area (Å²) >= 11 is 3.32. The molecule has 0 bridgehead atoms. The molecule has 6 heteroatoms. The molecule has 0 amide bonds. The molecule has 0 radical (unpaired) electrons. The summed E-state index contributed by atoms with van der Waals surface area (Å²) in [6.45, 7) is 2.92. The normalized spacial score (nSPS) is 13.2. The minimum atomic E-state index is -0.240. The van der Waals surface area contributed by atoms with E-state index in [9.17, 15) is 4.39 Å². The van der Waals surface area contributed by atoms with Crippen LogP contribution < -0.4 is 10.6 Å². The highest BCUT2D eigenvalue weighted by molar-refractivity contribution is 9.10. The maximum absolute atomic E-state index is 13.6. The van der Waals surface area contributed by atoms with Crippen LogP contribution in [0.25, 0.3) is 0 Å². The predicted molar refractivity (Wildman–Crippen MR) is 78.8 cm³/mol. The summed E-state index contributed by atoms with van der Waals surface area (Å²) in [7, 11) is 3.32. The van der Waals surface area contributed by atoms with Gasteiger partial charge in [-0.3, -0.25) is 4.99 Å². The van der Waals surface area contributed by atoms with Crippen molar-refractivity contribution in [2.45, 2.75) is 19.5 Å². The highest BCUT2D eigenvalue weighted by Crippen LogP contribution is 2.15. The third-order valence-electron chi connectivity index (χ3n) is 2.48. The number of hydrogen-bond donors (Lipinski definition) is 2. The van der Waals surface area contributed by atoms with Gasteiger partial charge in [0.05, 0.1) is 6.61 Å². The van der Waals surface area contributed by atoms with E-state index >= 15 is 0 Å². The molecule has 0 heterocycles. The minimum Gasteiger partial charge on any atom is -0.383 e. The topological polar surface area (TPSA) is 45.7 Å². The van der Waals surface area contributed by atoms with Gasteiger partial charge in [0, 0.05) is 36.8 Å². The van der Waals surface area contributed by atoms with E-state index in [2.05, 4.69) is 31.6 Å². The smallest absolute Gasteiger partial charge is 0.191 e. The lowest BCUT2D eigenvalue weighted by molar-refractivity contribution is 0.179. The maximum atomic E-state index is 13.6. The second-order valence-corrected chi connectivity index (χ2v) is 5.08. The van der Waals surface area contributed by atoms with Gasteiger partial charge >= 0.3 is 0 Å². The Balaban J connectivity index is 2.56. The van der Waals surface area contributed by atoms with Crippen LogP contribution in [0.15, 0.2) is 27.7 Å². The highest BCUT2D eigenvalue weighted by atomic mass is 79.9. The Labute approximate surface area is 121 Å². The Bertz CT molecular complexity index is 440. The van der Waals surface area contributed by atoms with Crippen molar-refractivity contribution in [2.24, 2.45) is 4.99 Å². The van der Waals surface area contributed by atoms with Crippen LogP contribution in [-0.4, -0.2) is 32.8 Å². The molecule has 1 aromatic rings. The zero-order valence-electron chi connectivity index (χ0n) is 11.3. The van der Waals surface area contributed by atoms with Gasteiger partial charge in [0.1, 0.15) is 5.82 Å². The molecule has 106 valence electrons. The average molecular weight is 332 g/mol. The molecule has 2 N–H and O–H groups in total. The van der Waals surface area contributed by atoms with Gasteiger partial charge in [0.2, 0.25) is 0 Å². The van der Waals surface area contributed by atoms with Crippen molar-refractivity contribution < 1.29 is 9.13 Å². The van der Waals surface area contributed by atoms with Crippen molar-refractivity contribution in [3.8, 4) is 0 Å². The number of aliphatic imine (C=N–C) groups is 1. The fourth-order valence-corrected chi connectivity index (χ4v) is 1.99. The second kappa shape index (κ2) is 8.12. The largest absolute Gasteiger partial charge is 0.383 e. The quantitative estimate of drug-likeness (QED) is 0.642. The number of ether oxygens (including phenoxy) is 1. The van der Waals surface area contributed by atoms with E-state index in [1.807, 2.05) is 6.92 Å². The lowest BCUT2D eigenvalue weighted by atomic mass is 10.2. The van der Waals surface area contributed by atoms with Crippen LogP contribution in [0.1, 0.15) is 12.5 Å². The summed E-state index contributed by atoms with van der Waals surface area (Å²) in [6.07, 6.45) is 0. The van der Waals surface area contributed by atoms with E-state index in [0.717, 1.165) is 4.47 Å². The SMILES string of the molecule is CN=C(NCc1cc(Br)ccc1F)NC(C)COC. The van der Waals surface area contributed by atoms with Gasteiger partial charge in [0.15, 0.2) is 5.96 Å². The number of nitrogens with one attached hydrogen (secondary N) is 2. The predicted octanol–water partition coefficient (Wildman–Crippen LogP) is 2.29. The Morgan fingerprint density at radius 3 is 2.89 bits per heavy atom. The van der Waals surface area contributed by atoms with Gasteiger partial charge in [-0.25, -0.2) is 4.39 Å². The molecule has 1 unspecified atom stereocenters. The molecule has 0 aliphatic heterocycles. The first-order valence-electron chi connectivity index (χ1n) is 5.97. The minimum absolute atomic E-state index is 0.128. The first-order valence-corrected chi connectivity index (χ1v) is 6.76. The summed E-state index contributed by atoms with van der Waals surface area (Å²) in [5, 5.41) is 6.22. The van der Waals surface area contributed by atoms with E-state index < -0.39 is 0 Å². The van der Waals surface area contributed by atoms with Crippen LogP contribution in [0, 0.1) is 5.82 Å². The molecular formula is C13H19BrFN3O. The standard InChI is InChI=1S/C13H19BrFN3O/c1-9(8-19-3)18-13(16-2)17-7-10-6-11(14)4-5-12(10)15/h4-6,9H,7-8H2,1-3H3,(H2,16,17,18). The zero-order chi connectivity index (χ0) is 14.3. The van der Waals surface area contributed by atoms with E-state index in [-0.39, 0.29) is 11.9 Å². The summed E-state index contributed by atoms with van der Waals surface area (Å²) in [6, 6.07) is 4.98. The van der Waals surface area contributed by atoms with Crippen molar-refractivity contribution in [3.63, 3.8) is 0 Å². The second-order valence-electron chi connectivity index (χ2n) is 4.16. The number of hydrogen-bond acceptors (Lipinski definition) is 2. The van der Waals surface area contributed by atoms with Crippen LogP contribution in [0.2, 0.25) is 0 Å². The summed E-state index contributed by atoms with van der Waals surface area (Å²) in [5.41, 5.74) is 0.580. The molecule has 4 nitrogen and oxygen atoms in total. The van der Waals surface area contributed by atoms with Crippen molar-refractivity contribution in [3.05, 3.63) is 34.1 Å². The molecular weight excluding hydrogens is 313 g/mol. The Morgan fingerprint density at radius 2 is 2.26 bits per heavy atom. The molecule has 19 heavy (non-hydrogen) atoms. The lowest BCUT2D eigenvalue weighted by Crippen LogP contribution is -2.43. The summed E-state index contributed by atoms with van der Waals surface area (Å²) in [5.74, 6) is 0.375. The van der Waals surface area contributed by atoms with E-state index in [1.54, 1.807) is 26.3 Å². The fourth-order valence-electron chi connectivity index (χ4n) is 1.58. The molecule has 0 aliphatic carbocycles. The lowest BCUT2D eigenvalue weighted by Gasteiger charge is -2.17. The van der Waals surface area contributed by atoms with Gasteiger partial charge in [-0.2, -0.15) is 0 Å². The van der Waals surface area contributed by atoms with Crippen LogP contribution >= 0.6 is 15.9 Å². The number of methoxy groups -OCH3 is 1. The molecule has 1 aromatic carbocycles. The third-order valence-corrected chi connectivity index (χ3v) is 2.97. The summed E-state index contributed by atoms with van der Waals surface area (Å²) < 4.78 is 19.4. The first kappa shape index (κ1) is 15.9.